The summed E-state index contributed by atoms with van der Waals surface area (Å²) in [5, 5.41) is 2.02. The van der Waals surface area contributed by atoms with E-state index in [0.717, 1.165) is 54.4 Å². The fraction of sp³-hybridized carbons (Fsp3) is 0.368. The van der Waals surface area contributed by atoms with Crippen LogP contribution in [-0.4, -0.2) is 43.8 Å². The Morgan fingerprint density at radius 1 is 1.35 bits per heavy atom. The normalized spacial score (nSPS) is 17.4. The molecule has 1 amide bonds. The predicted octanol–water partition coefficient (Wildman–Crippen LogP) is 2.95. The number of carbonyl (C=O) groups is 1. The summed E-state index contributed by atoms with van der Waals surface area (Å²) in [5.74, 6) is 1.43. The summed E-state index contributed by atoms with van der Waals surface area (Å²) in [6.07, 6.45) is 8.65. The molecule has 0 bridgehead atoms. The topological polar surface area (TPSA) is 74.8 Å². The highest BCUT2D eigenvalue weighted by Crippen LogP contribution is 2.22. The van der Waals surface area contributed by atoms with Gasteiger partial charge in [0.25, 0.3) is 0 Å². The Labute approximate surface area is 156 Å². The van der Waals surface area contributed by atoms with Crippen molar-refractivity contribution in [1.29, 1.82) is 0 Å². The van der Waals surface area contributed by atoms with Crippen LogP contribution >= 0.6 is 11.3 Å². The number of imidazole rings is 1. The fourth-order valence-electron chi connectivity index (χ4n) is 3.47. The van der Waals surface area contributed by atoms with Crippen LogP contribution in [0, 0.1) is 5.92 Å². The number of hydrogen-bond donors (Lipinski definition) is 1. The van der Waals surface area contributed by atoms with E-state index in [-0.39, 0.29) is 5.91 Å². The molecule has 0 saturated carbocycles. The number of aromatic amines is 1. The average Bonchev–Trinajstić information content (AvgIpc) is 3.36. The molecule has 0 spiro atoms. The molecule has 1 fully saturated rings. The summed E-state index contributed by atoms with van der Waals surface area (Å²) in [4.78, 5) is 31.8. The highest BCUT2D eigenvalue weighted by atomic mass is 32.1. The molecule has 0 unspecified atom stereocenters. The maximum Gasteiger partial charge on any atom is 0.227 e. The third-order valence-electron chi connectivity index (χ3n) is 4.74. The molecule has 26 heavy (non-hydrogen) atoms. The summed E-state index contributed by atoms with van der Waals surface area (Å²) < 4.78 is 0. The van der Waals surface area contributed by atoms with Crippen molar-refractivity contribution in [3.05, 3.63) is 52.9 Å². The number of aromatic nitrogens is 4. The van der Waals surface area contributed by atoms with Gasteiger partial charge in [0, 0.05) is 36.1 Å². The van der Waals surface area contributed by atoms with Crippen molar-refractivity contribution in [3.63, 3.8) is 0 Å². The molecule has 0 radical (unpaired) electrons. The van der Waals surface area contributed by atoms with Crippen LogP contribution in [-0.2, 0) is 17.6 Å². The van der Waals surface area contributed by atoms with E-state index in [1.54, 1.807) is 30.1 Å². The number of nitrogens with zero attached hydrogens (tertiary/aromatic N) is 4. The number of likely N-dealkylation sites (tertiary alicyclic amines) is 1. The summed E-state index contributed by atoms with van der Waals surface area (Å²) in [5.41, 5.74) is 1.81. The second-order valence-corrected chi connectivity index (χ2v) is 7.67. The molecule has 1 saturated heterocycles. The summed E-state index contributed by atoms with van der Waals surface area (Å²) in [6.45, 7) is 1.67. The summed E-state index contributed by atoms with van der Waals surface area (Å²) in [6, 6.07) is 6.02. The highest BCUT2D eigenvalue weighted by molar-refractivity contribution is 7.10. The molecule has 1 N–H and O–H groups in total. The van der Waals surface area contributed by atoms with Crippen molar-refractivity contribution in [2.75, 3.05) is 13.1 Å². The Hall–Kier alpha value is -2.54. The number of nitrogens with one attached hydrogen (secondary N) is 1. The van der Waals surface area contributed by atoms with E-state index in [0.29, 0.717) is 12.3 Å². The van der Waals surface area contributed by atoms with Crippen LogP contribution in [0.15, 0.2) is 42.3 Å². The van der Waals surface area contributed by atoms with Gasteiger partial charge in [-0.1, -0.05) is 6.07 Å². The van der Waals surface area contributed by atoms with Gasteiger partial charge in [-0.2, -0.15) is 0 Å². The van der Waals surface area contributed by atoms with Crippen LogP contribution in [0.3, 0.4) is 0 Å². The molecule has 4 rings (SSSR count). The molecular weight excluding hydrogens is 346 g/mol. The largest absolute Gasteiger partial charge is 0.343 e. The first-order chi connectivity index (χ1) is 12.8. The number of H-pyrrole nitrogens is 1. The minimum Gasteiger partial charge on any atom is -0.343 e. The number of amides is 1. The molecule has 0 aromatic carbocycles. The van der Waals surface area contributed by atoms with Crippen molar-refractivity contribution in [2.45, 2.75) is 25.7 Å². The Morgan fingerprint density at radius 3 is 3.12 bits per heavy atom. The second kappa shape index (κ2) is 7.78. The van der Waals surface area contributed by atoms with Gasteiger partial charge in [-0.15, -0.1) is 11.3 Å². The molecule has 1 aliphatic rings. The maximum atomic E-state index is 12.6. The maximum absolute atomic E-state index is 12.6. The zero-order valence-corrected chi connectivity index (χ0v) is 15.3. The van der Waals surface area contributed by atoms with Gasteiger partial charge in [-0.05, 0) is 42.7 Å². The molecular formula is C19H21N5OS. The number of hydrogen-bond acceptors (Lipinski definition) is 5. The van der Waals surface area contributed by atoms with Gasteiger partial charge >= 0.3 is 0 Å². The molecule has 3 aromatic rings. The number of piperidine rings is 1. The highest BCUT2D eigenvalue weighted by Gasteiger charge is 2.24. The van der Waals surface area contributed by atoms with Gasteiger partial charge < -0.3 is 9.88 Å². The third kappa shape index (κ3) is 3.99. The lowest BCUT2D eigenvalue weighted by atomic mass is 9.93. The van der Waals surface area contributed by atoms with Crippen LogP contribution in [0.5, 0.6) is 0 Å². The standard InChI is InChI=1S/C19H21N5OS/c25-18(11-16-4-2-8-26-16)24-7-1-3-14(12-24)9-15-10-17(23-13-22-15)19-20-5-6-21-19/h2,4-6,8,10,13-14H,1,3,7,9,11-12H2,(H,20,21)/t14-/m1/s1. The predicted molar refractivity (Wildman–Crippen MR) is 101 cm³/mol. The zero-order chi connectivity index (χ0) is 17.8. The fourth-order valence-corrected chi connectivity index (χ4v) is 4.17. The molecule has 7 heteroatoms. The number of rotatable bonds is 5. The Bertz CT molecular complexity index is 847. The number of thiophene rings is 1. The van der Waals surface area contributed by atoms with Crippen LogP contribution in [0.4, 0.5) is 0 Å². The van der Waals surface area contributed by atoms with Crippen molar-refractivity contribution in [2.24, 2.45) is 5.92 Å². The average molecular weight is 367 g/mol. The van der Waals surface area contributed by atoms with E-state index in [1.807, 2.05) is 28.5 Å². The van der Waals surface area contributed by atoms with E-state index in [1.165, 1.54) is 0 Å². The van der Waals surface area contributed by atoms with Crippen molar-refractivity contribution in [1.82, 2.24) is 24.8 Å². The van der Waals surface area contributed by atoms with E-state index in [2.05, 4.69) is 19.9 Å². The lowest BCUT2D eigenvalue weighted by Gasteiger charge is -2.32. The zero-order valence-electron chi connectivity index (χ0n) is 14.5. The van der Waals surface area contributed by atoms with Crippen LogP contribution in [0.1, 0.15) is 23.4 Å². The van der Waals surface area contributed by atoms with Gasteiger partial charge in [0.05, 0.1) is 6.42 Å². The van der Waals surface area contributed by atoms with E-state index < -0.39 is 0 Å². The molecule has 6 nitrogen and oxygen atoms in total. The van der Waals surface area contributed by atoms with Crippen LogP contribution in [0.25, 0.3) is 11.5 Å². The Balaban J connectivity index is 1.39. The smallest absolute Gasteiger partial charge is 0.227 e. The lowest BCUT2D eigenvalue weighted by Crippen LogP contribution is -2.41. The van der Waals surface area contributed by atoms with Gasteiger partial charge in [-0.25, -0.2) is 15.0 Å². The minimum absolute atomic E-state index is 0.233. The minimum atomic E-state index is 0.233. The third-order valence-corrected chi connectivity index (χ3v) is 5.62. The molecule has 1 aliphatic heterocycles. The van der Waals surface area contributed by atoms with Crippen LogP contribution < -0.4 is 0 Å². The lowest BCUT2D eigenvalue weighted by molar-refractivity contribution is -0.132. The van der Waals surface area contributed by atoms with Gasteiger partial charge in [0.2, 0.25) is 5.91 Å². The molecule has 3 aromatic heterocycles. The quantitative estimate of drug-likeness (QED) is 0.752. The Kier molecular flexibility index (Phi) is 5.06. The first-order valence-electron chi connectivity index (χ1n) is 8.89. The Morgan fingerprint density at radius 2 is 2.31 bits per heavy atom. The van der Waals surface area contributed by atoms with Gasteiger partial charge in [-0.3, -0.25) is 4.79 Å². The monoisotopic (exact) mass is 367 g/mol. The van der Waals surface area contributed by atoms with Gasteiger partial charge in [0.1, 0.15) is 12.0 Å². The summed E-state index contributed by atoms with van der Waals surface area (Å²) >= 11 is 1.65. The van der Waals surface area contributed by atoms with Crippen molar-refractivity contribution in [3.8, 4) is 11.5 Å². The van der Waals surface area contributed by atoms with Crippen molar-refractivity contribution >= 4 is 17.2 Å². The second-order valence-electron chi connectivity index (χ2n) is 6.64. The molecule has 0 aliphatic carbocycles. The SMILES string of the molecule is O=C(Cc1cccs1)N1CCC[C@H](Cc2cc(-c3ncc[nH]3)ncn2)C1. The first kappa shape index (κ1) is 16.9. The van der Waals surface area contributed by atoms with E-state index in [9.17, 15) is 4.79 Å². The first-order valence-corrected chi connectivity index (χ1v) is 9.77. The van der Waals surface area contributed by atoms with E-state index in [4.69, 9.17) is 0 Å². The number of carbonyl (C=O) groups excluding carboxylic acids is 1. The van der Waals surface area contributed by atoms with Crippen LogP contribution in [0.2, 0.25) is 0 Å². The van der Waals surface area contributed by atoms with Gasteiger partial charge in [0.15, 0.2) is 5.82 Å². The molecule has 1 atom stereocenters. The van der Waals surface area contributed by atoms with Crippen molar-refractivity contribution < 1.29 is 4.79 Å². The van der Waals surface area contributed by atoms with E-state index >= 15 is 0 Å². The summed E-state index contributed by atoms with van der Waals surface area (Å²) in [7, 11) is 0. The molecule has 4 heterocycles. The molecule has 134 valence electrons.